The molecule has 0 saturated carbocycles. The van der Waals surface area contributed by atoms with Crippen molar-refractivity contribution in [3.8, 4) is 11.3 Å². The van der Waals surface area contributed by atoms with E-state index in [0.717, 1.165) is 23.2 Å². The molecule has 1 amide bonds. The molecule has 0 radical (unpaired) electrons. The van der Waals surface area contributed by atoms with Gasteiger partial charge in [-0.15, -0.1) is 5.10 Å². The smallest absolute Gasteiger partial charge is 0.241 e. The molecule has 31 heavy (non-hydrogen) atoms. The van der Waals surface area contributed by atoms with Gasteiger partial charge in [-0.05, 0) is 37.5 Å². The van der Waals surface area contributed by atoms with E-state index in [9.17, 15) is 13.2 Å². The number of benzene rings is 2. The molecule has 4 rings (SSSR count). The molecule has 2 aromatic carbocycles. The Morgan fingerprint density at radius 3 is 2.71 bits per heavy atom. The number of likely N-dealkylation sites (tertiary alicyclic amines) is 1. The van der Waals surface area contributed by atoms with Crippen molar-refractivity contribution in [3.05, 3.63) is 65.9 Å². The second-order valence-electron chi connectivity index (χ2n) is 7.83. The van der Waals surface area contributed by atoms with Crippen LogP contribution in [0.25, 0.3) is 11.3 Å². The van der Waals surface area contributed by atoms with Crippen LogP contribution in [0.1, 0.15) is 23.6 Å². The number of rotatable bonds is 6. The predicted octanol–water partition coefficient (Wildman–Crippen LogP) is 2.31. The molecule has 3 aromatic rings. The summed E-state index contributed by atoms with van der Waals surface area (Å²) in [4.78, 5) is 14.5. The molecule has 1 N–H and O–H groups in total. The summed E-state index contributed by atoms with van der Waals surface area (Å²) in [6, 6.07) is 15.0. The molecule has 0 spiro atoms. The first-order valence-electron chi connectivity index (χ1n) is 10.2. The fourth-order valence-electron chi connectivity index (χ4n) is 3.72. The Labute approximate surface area is 181 Å². The fraction of sp³-hybridized carbons (Fsp3) is 0.318. The Kier molecular flexibility index (Phi) is 5.88. The summed E-state index contributed by atoms with van der Waals surface area (Å²) in [7, 11) is -3.76. The van der Waals surface area contributed by atoms with Gasteiger partial charge in [0, 0.05) is 18.7 Å². The van der Waals surface area contributed by atoms with Gasteiger partial charge in [-0.2, -0.15) is 0 Å². The van der Waals surface area contributed by atoms with Gasteiger partial charge in [-0.3, -0.25) is 4.79 Å². The van der Waals surface area contributed by atoms with Crippen LogP contribution in [0.3, 0.4) is 0 Å². The summed E-state index contributed by atoms with van der Waals surface area (Å²) in [5.74, 6) is -0.250. The molecule has 0 bridgehead atoms. The topological polar surface area (TPSA) is 97.2 Å². The van der Waals surface area contributed by atoms with E-state index in [0.29, 0.717) is 18.7 Å². The maximum atomic E-state index is 12.6. The van der Waals surface area contributed by atoms with E-state index in [1.165, 1.54) is 0 Å². The van der Waals surface area contributed by atoms with Gasteiger partial charge in [-0.1, -0.05) is 47.7 Å². The molecular weight excluding hydrogens is 414 g/mol. The molecule has 1 aliphatic heterocycles. The number of nitrogens with zero attached hydrogens (tertiary/aromatic N) is 4. The number of nitrogens with one attached hydrogen (secondary N) is 1. The summed E-state index contributed by atoms with van der Waals surface area (Å²) in [6.07, 6.45) is 2.63. The van der Waals surface area contributed by atoms with Crippen molar-refractivity contribution in [1.82, 2.24) is 24.6 Å². The van der Waals surface area contributed by atoms with E-state index in [1.807, 2.05) is 49.5 Å². The average molecular weight is 440 g/mol. The van der Waals surface area contributed by atoms with Crippen molar-refractivity contribution in [2.75, 3.05) is 19.6 Å². The van der Waals surface area contributed by atoms with Crippen LogP contribution in [0.4, 0.5) is 0 Å². The Hall–Kier alpha value is -3.04. The molecule has 1 saturated heterocycles. The number of sulfonamides is 1. The van der Waals surface area contributed by atoms with Crippen LogP contribution >= 0.6 is 0 Å². The third kappa shape index (κ3) is 4.67. The number of aryl methyl sites for hydroxylation is 2. The van der Waals surface area contributed by atoms with Crippen LogP contribution in [0.2, 0.25) is 0 Å². The maximum Gasteiger partial charge on any atom is 0.241 e. The summed E-state index contributed by atoms with van der Waals surface area (Å²) in [6.45, 7) is 4.33. The minimum atomic E-state index is -3.76. The lowest BCUT2D eigenvalue weighted by atomic mass is 10.2. The maximum absolute atomic E-state index is 12.6. The number of aromatic nitrogens is 3. The standard InChI is InChI=1S/C22H25N5O3S/c1-16-8-9-17(2)21(12-16)31(29,30)23-13-22(28)26-11-10-19(14-26)27-15-20(24-25-27)18-6-4-3-5-7-18/h3-9,12,15,19,23H,10-11,13-14H2,1-2H3. The zero-order valence-electron chi connectivity index (χ0n) is 17.5. The zero-order valence-corrected chi connectivity index (χ0v) is 18.3. The van der Waals surface area contributed by atoms with E-state index in [4.69, 9.17) is 0 Å². The highest BCUT2D eigenvalue weighted by Gasteiger charge is 2.29. The van der Waals surface area contributed by atoms with Crippen molar-refractivity contribution in [2.24, 2.45) is 0 Å². The van der Waals surface area contributed by atoms with E-state index in [1.54, 1.807) is 28.6 Å². The number of carbonyl (C=O) groups excluding carboxylic acids is 1. The molecule has 162 valence electrons. The SMILES string of the molecule is Cc1ccc(C)c(S(=O)(=O)NCC(=O)N2CCC(n3cc(-c4ccccc4)nn3)C2)c1. The van der Waals surface area contributed by atoms with Crippen LogP contribution in [0.5, 0.6) is 0 Å². The molecule has 1 aromatic heterocycles. The lowest BCUT2D eigenvalue weighted by molar-refractivity contribution is -0.129. The van der Waals surface area contributed by atoms with E-state index >= 15 is 0 Å². The van der Waals surface area contributed by atoms with Gasteiger partial charge >= 0.3 is 0 Å². The fourth-order valence-corrected chi connectivity index (χ4v) is 5.03. The Bertz CT molecular complexity index is 1190. The third-order valence-corrected chi connectivity index (χ3v) is 7.06. The molecule has 0 aliphatic carbocycles. The quantitative estimate of drug-likeness (QED) is 0.636. The summed E-state index contributed by atoms with van der Waals surface area (Å²) < 4.78 is 29.5. The first-order chi connectivity index (χ1) is 14.8. The van der Waals surface area contributed by atoms with Gasteiger partial charge in [0.15, 0.2) is 0 Å². The van der Waals surface area contributed by atoms with Crippen molar-refractivity contribution in [1.29, 1.82) is 0 Å². The zero-order chi connectivity index (χ0) is 22.0. The first-order valence-corrected chi connectivity index (χ1v) is 11.6. The van der Waals surface area contributed by atoms with Gasteiger partial charge < -0.3 is 4.90 Å². The van der Waals surface area contributed by atoms with Gasteiger partial charge in [-0.25, -0.2) is 17.8 Å². The lowest BCUT2D eigenvalue weighted by Crippen LogP contribution is -2.39. The highest BCUT2D eigenvalue weighted by atomic mass is 32.2. The van der Waals surface area contributed by atoms with Crippen molar-refractivity contribution >= 4 is 15.9 Å². The van der Waals surface area contributed by atoms with Gasteiger partial charge in [0.2, 0.25) is 15.9 Å². The molecule has 1 atom stereocenters. The first kappa shape index (κ1) is 21.2. The normalized spacial score (nSPS) is 16.6. The van der Waals surface area contributed by atoms with Crippen LogP contribution in [0.15, 0.2) is 59.6 Å². The van der Waals surface area contributed by atoms with Gasteiger partial charge in [0.05, 0.1) is 23.7 Å². The monoisotopic (exact) mass is 439 g/mol. The minimum absolute atomic E-state index is 0.0181. The van der Waals surface area contributed by atoms with E-state index < -0.39 is 10.0 Å². The summed E-state index contributed by atoms with van der Waals surface area (Å²) in [5, 5.41) is 8.46. The van der Waals surface area contributed by atoms with Crippen LogP contribution in [-0.2, 0) is 14.8 Å². The molecule has 1 aliphatic rings. The number of hydrogen-bond acceptors (Lipinski definition) is 5. The van der Waals surface area contributed by atoms with Crippen molar-refractivity contribution in [3.63, 3.8) is 0 Å². The minimum Gasteiger partial charge on any atom is -0.339 e. The largest absolute Gasteiger partial charge is 0.339 e. The highest BCUT2D eigenvalue weighted by Crippen LogP contribution is 2.23. The van der Waals surface area contributed by atoms with Gasteiger partial charge in [0.1, 0.15) is 5.69 Å². The summed E-state index contributed by atoms with van der Waals surface area (Å²) >= 11 is 0. The molecule has 8 nitrogen and oxygen atoms in total. The van der Waals surface area contributed by atoms with Crippen LogP contribution < -0.4 is 4.72 Å². The van der Waals surface area contributed by atoms with E-state index in [2.05, 4.69) is 15.0 Å². The van der Waals surface area contributed by atoms with Crippen LogP contribution in [-0.4, -0.2) is 53.9 Å². The number of hydrogen-bond donors (Lipinski definition) is 1. The third-order valence-electron chi connectivity index (χ3n) is 5.52. The molecule has 2 heterocycles. The number of amides is 1. The Morgan fingerprint density at radius 2 is 1.94 bits per heavy atom. The second-order valence-corrected chi connectivity index (χ2v) is 9.56. The second kappa shape index (κ2) is 8.60. The lowest BCUT2D eigenvalue weighted by Gasteiger charge is -2.17. The van der Waals surface area contributed by atoms with Gasteiger partial charge in [0.25, 0.3) is 0 Å². The van der Waals surface area contributed by atoms with Crippen molar-refractivity contribution < 1.29 is 13.2 Å². The summed E-state index contributed by atoms with van der Waals surface area (Å²) in [5.41, 5.74) is 3.27. The van der Waals surface area contributed by atoms with Crippen LogP contribution in [0, 0.1) is 13.8 Å². The molecular formula is C22H25N5O3S. The predicted molar refractivity (Wildman–Crippen MR) is 117 cm³/mol. The molecule has 9 heteroatoms. The highest BCUT2D eigenvalue weighted by molar-refractivity contribution is 7.89. The average Bonchev–Trinajstić information content (AvgIpc) is 3.44. The Balaban J connectivity index is 1.37. The number of carbonyl (C=O) groups is 1. The molecule has 1 fully saturated rings. The van der Waals surface area contributed by atoms with E-state index in [-0.39, 0.29) is 23.4 Å². The molecule has 1 unspecified atom stereocenters. The Morgan fingerprint density at radius 1 is 1.16 bits per heavy atom. The van der Waals surface area contributed by atoms with Crippen molar-refractivity contribution in [2.45, 2.75) is 31.2 Å².